The molecule has 1 saturated heterocycles. The minimum absolute atomic E-state index is 0.00616. The largest absolute Gasteiger partial charge is 0.507 e. The third kappa shape index (κ3) is 4.27. The van der Waals surface area contributed by atoms with Crippen LogP contribution >= 0.6 is 0 Å². The van der Waals surface area contributed by atoms with E-state index in [0.29, 0.717) is 0 Å². The minimum Gasteiger partial charge on any atom is -0.507 e. The highest BCUT2D eigenvalue weighted by molar-refractivity contribution is 5.97. The van der Waals surface area contributed by atoms with Gasteiger partial charge in [-0.1, -0.05) is 29.8 Å². The van der Waals surface area contributed by atoms with E-state index in [1.165, 1.54) is 35.2 Å². The van der Waals surface area contributed by atoms with Crippen molar-refractivity contribution in [1.29, 1.82) is 0 Å². The summed E-state index contributed by atoms with van der Waals surface area (Å²) in [7, 11) is 0. The Kier molecular flexibility index (Phi) is 5.31. The molecule has 1 aliphatic rings. The van der Waals surface area contributed by atoms with Gasteiger partial charge in [0.1, 0.15) is 5.75 Å². The molecular weight excluding hydrogens is 373 g/mol. The fourth-order valence-corrected chi connectivity index (χ4v) is 3.26. The predicted molar refractivity (Wildman–Crippen MR) is 95.6 cm³/mol. The molecular formula is C20H19F3N2O3. The summed E-state index contributed by atoms with van der Waals surface area (Å²) in [5.41, 5.74) is 0.107. The van der Waals surface area contributed by atoms with Gasteiger partial charge in [-0.05, 0) is 30.7 Å². The maximum Gasteiger partial charge on any atom is 0.416 e. The van der Waals surface area contributed by atoms with Crippen LogP contribution in [0.25, 0.3) is 0 Å². The van der Waals surface area contributed by atoms with Crippen molar-refractivity contribution in [1.82, 2.24) is 10.2 Å². The van der Waals surface area contributed by atoms with Gasteiger partial charge in [0.2, 0.25) is 5.91 Å². The lowest BCUT2D eigenvalue weighted by molar-refractivity contribution is -0.139. The number of likely N-dealkylation sites (tertiary alicyclic amines) is 1. The molecule has 0 aromatic heterocycles. The lowest BCUT2D eigenvalue weighted by Gasteiger charge is -2.20. The molecule has 8 heteroatoms. The lowest BCUT2D eigenvalue weighted by atomic mass is 10.1. The standard InChI is InChI=1S/C20H19F3N2O3/c1-12-6-7-17(26)15(8-12)19(28)24-14-9-18(27)25(11-14)10-13-4-2-3-5-16(13)20(21,22)23/h2-8,14,26H,9-11H2,1H3,(H,24,28). The van der Waals surface area contributed by atoms with E-state index in [9.17, 15) is 27.9 Å². The Balaban J connectivity index is 1.69. The Morgan fingerprint density at radius 2 is 1.96 bits per heavy atom. The molecule has 2 aromatic carbocycles. The highest BCUT2D eigenvalue weighted by atomic mass is 19.4. The Hall–Kier alpha value is -3.03. The van der Waals surface area contributed by atoms with E-state index in [2.05, 4.69) is 5.32 Å². The molecule has 1 fully saturated rings. The number of hydrogen-bond acceptors (Lipinski definition) is 3. The molecule has 1 atom stereocenters. The zero-order valence-corrected chi connectivity index (χ0v) is 15.1. The molecule has 1 unspecified atom stereocenters. The van der Waals surface area contributed by atoms with Crippen LogP contribution in [0.5, 0.6) is 5.75 Å². The topological polar surface area (TPSA) is 69.6 Å². The fraction of sp³-hybridized carbons (Fsp3) is 0.300. The number of amides is 2. The molecule has 3 rings (SSSR count). The number of benzene rings is 2. The molecule has 28 heavy (non-hydrogen) atoms. The monoisotopic (exact) mass is 392 g/mol. The molecule has 5 nitrogen and oxygen atoms in total. The summed E-state index contributed by atoms with van der Waals surface area (Å²) in [5, 5.41) is 12.5. The number of carbonyl (C=O) groups is 2. The van der Waals surface area contributed by atoms with E-state index >= 15 is 0 Å². The molecule has 0 aliphatic carbocycles. The summed E-state index contributed by atoms with van der Waals surface area (Å²) in [5.74, 6) is -1.05. The summed E-state index contributed by atoms with van der Waals surface area (Å²) in [4.78, 5) is 25.9. The molecule has 1 heterocycles. The average molecular weight is 392 g/mol. The van der Waals surface area contributed by atoms with E-state index in [1.807, 2.05) is 0 Å². The van der Waals surface area contributed by atoms with Gasteiger partial charge in [-0.2, -0.15) is 13.2 Å². The number of carbonyl (C=O) groups excluding carboxylic acids is 2. The third-order valence-electron chi connectivity index (χ3n) is 4.63. The zero-order chi connectivity index (χ0) is 20.5. The normalized spacial score (nSPS) is 17.1. The Morgan fingerprint density at radius 1 is 1.25 bits per heavy atom. The molecule has 1 aliphatic heterocycles. The van der Waals surface area contributed by atoms with Crippen molar-refractivity contribution in [2.75, 3.05) is 6.54 Å². The lowest BCUT2D eigenvalue weighted by Crippen LogP contribution is -2.37. The number of aryl methyl sites for hydroxylation is 1. The van der Waals surface area contributed by atoms with Gasteiger partial charge >= 0.3 is 6.18 Å². The Labute approximate surface area is 159 Å². The van der Waals surface area contributed by atoms with Gasteiger partial charge in [0.15, 0.2) is 0 Å². The molecule has 2 aromatic rings. The second kappa shape index (κ2) is 7.53. The van der Waals surface area contributed by atoms with Crippen LogP contribution in [0.3, 0.4) is 0 Å². The molecule has 0 bridgehead atoms. The van der Waals surface area contributed by atoms with Crippen LogP contribution in [0, 0.1) is 6.92 Å². The van der Waals surface area contributed by atoms with Crippen LogP contribution in [0.1, 0.15) is 33.5 Å². The number of aromatic hydroxyl groups is 1. The smallest absolute Gasteiger partial charge is 0.416 e. The number of halogens is 3. The molecule has 2 amide bonds. The van der Waals surface area contributed by atoms with Crippen LogP contribution < -0.4 is 5.32 Å². The third-order valence-corrected chi connectivity index (χ3v) is 4.63. The summed E-state index contributed by atoms with van der Waals surface area (Å²) in [6, 6.07) is 9.16. The number of phenols is 1. The van der Waals surface area contributed by atoms with Crippen molar-refractivity contribution in [3.8, 4) is 5.75 Å². The number of nitrogens with one attached hydrogen (secondary N) is 1. The van der Waals surface area contributed by atoms with Crippen LogP contribution in [0.15, 0.2) is 42.5 Å². The number of hydrogen-bond donors (Lipinski definition) is 2. The fourth-order valence-electron chi connectivity index (χ4n) is 3.26. The van der Waals surface area contributed by atoms with Crippen molar-refractivity contribution in [3.05, 3.63) is 64.7 Å². The van der Waals surface area contributed by atoms with Crippen molar-refractivity contribution >= 4 is 11.8 Å². The maximum absolute atomic E-state index is 13.1. The van der Waals surface area contributed by atoms with Gasteiger partial charge in [0, 0.05) is 19.5 Å². The van der Waals surface area contributed by atoms with Crippen LogP contribution in [-0.4, -0.2) is 34.4 Å². The Morgan fingerprint density at radius 3 is 2.68 bits per heavy atom. The quantitative estimate of drug-likeness (QED) is 0.839. The minimum atomic E-state index is -4.50. The van der Waals surface area contributed by atoms with E-state index in [4.69, 9.17) is 0 Å². The first-order chi connectivity index (χ1) is 13.1. The van der Waals surface area contributed by atoms with E-state index in [-0.39, 0.29) is 42.3 Å². The maximum atomic E-state index is 13.1. The van der Waals surface area contributed by atoms with E-state index < -0.39 is 23.7 Å². The van der Waals surface area contributed by atoms with Crippen molar-refractivity contribution in [3.63, 3.8) is 0 Å². The van der Waals surface area contributed by atoms with Crippen molar-refractivity contribution < 1.29 is 27.9 Å². The zero-order valence-electron chi connectivity index (χ0n) is 15.1. The number of rotatable bonds is 4. The van der Waals surface area contributed by atoms with Crippen LogP contribution in [0.2, 0.25) is 0 Å². The van der Waals surface area contributed by atoms with Gasteiger partial charge in [-0.25, -0.2) is 0 Å². The number of phenolic OH excluding ortho intramolecular Hbond substituents is 1. The summed E-state index contributed by atoms with van der Waals surface area (Å²) >= 11 is 0. The van der Waals surface area contributed by atoms with Crippen molar-refractivity contribution in [2.24, 2.45) is 0 Å². The first-order valence-electron chi connectivity index (χ1n) is 8.68. The molecule has 148 valence electrons. The Bertz CT molecular complexity index is 912. The van der Waals surface area contributed by atoms with Gasteiger partial charge in [-0.15, -0.1) is 0 Å². The SMILES string of the molecule is Cc1ccc(O)c(C(=O)NC2CC(=O)N(Cc3ccccc3C(F)(F)F)C2)c1. The van der Waals surface area contributed by atoms with Crippen LogP contribution in [-0.2, 0) is 17.5 Å². The predicted octanol–water partition coefficient (Wildman–Crippen LogP) is 3.25. The summed E-state index contributed by atoms with van der Waals surface area (Å²) in [6.45, 7) is 1.69. The molecule has 0 spiro atoms. The van der Waals surface area contributed by atoms with E-state index in [0.717, 1.165) is 11.6 Å². The molecule has 0 saturated carbocycles. The van der Waals surface area contributed by atoms with Gasteiger partial charge in [-0.3, -0.25) is 9.59 Å². The van der Waals surface area contributed by atoms with E-state index in [1.54, 1.807) is 13.0 Å². The van der Waals surface area contributed by atoms with Gasteiger partial charge in [0.25, 0.3) is 5.91 Å². The highest BCUT2D eigenvalue weighted by Gasteiger charge is 2.36. The average Bonchev–Trinajstić information content (AvgIpc) is 2.95. The second-order valence-corrected chi connectivity index (χ2v) is 6.82. The molecule has 2 N–H and O–H groups in total. The van der Waals surface area contributed by atoms with Gasteiger partial charge in [0.05, 0.1) is 17.2 Å². The van der Waals surface area contributed by atoms with Gasteiger partial charge < -0.3 is 15.3 Å². The summed E-state index contributed by atoms with van der Waals surface area (Å²) in [6.07, 6.45) is -4.51. The first-order valence-corrected chi connectivity index (χ1v) is 8.68. The van der Waals surface area contributed by atoms with Crippen LogP contribution in [0.4, 0.5) is 13.2 Å². The molecule has 0 radical (unpaired) electrons. The first kappa shape index (κ1) is 19.7. The second-order valence-electron chi connectivity index (χ2n) is 6.82. The van der Waals surface area contributed by atoms with Crippen molar-refractivity contribution in [2.45, 2.75) is 32.1 Å². The highest BCUT2D eigenvalue weighted by Crippen LogP contribution is 2.33. The number of nitrogens with zero attached hydrogens (tertiary/aromatic N) is 1. The number of alkyl halides is 3. The summed E-state index contributed by atoms with van der Waals surface area (Å²) < 4.78 is 39.4.